The topological polar surface area (TPSA) is 32.3 Å². The Morgan fingerprint density at radius 1 is 1.12 bits per heavy atom. The van der Waals surface area contributed by atoms with Crippen molar-refractivity contribution in [3.8, 4) is 0 Å². The highest BCUT2D eigenvalue weighted by molar-refractivity contribution is 5.95. The zero-order valence-electron chi connectivity index (χ0n) is 15.8. The van der Waals surface area contributed by atoms with Gasteiger partial charge >= 0.3 is 0 Å². The highest BCUT2D eigenvalue weighted by atomic mass is 16.1. The van der Waals surface area contributed by atoms with E-state index >= 15 is 0 Å². The number of nitrogens with zero attached hydrogens (tertiary/aromatic N) is 1. The van der Waals surface area contributed by atoms with Crippen LogP contribution in [-0.2, 0) is 0 Å². The van der Waals surface area contributed by atoms with Gasteiger partial charge in [-0.1, -0.05) is 31.7 Å². The third kappa shape index (κ3) is 3.76. The minimum absolute atomic E-state index is 0.107. The quantitative estimate of drug-likeness (QED) is 0.851. The number of piperidine rings is 1. The minimum Gasteiger partial charge on any atom is -0.349 e. The second kappa shape index (κ2) is 7.11. The molecule has 1 amide bonds. The van der Waals surface area contributed by atoms with Crippen LogP contribution in [0.4, 0.5) is 0 Å². The smallest absolute Gasteiger partial charge is 0.251 e. The molecule has 1 unspecified atom stereocenters. The molecule has 1 aliphatic heterocycles. The number of rotatable bonds is 6. The van der Waals surface area contributed by atoms with Gasteiger partial charge in [0.2, 0.25) is 0 Å². The molecule has 136 valence electrons. The van der Waals surface area contributed by atoms with Crippen LogP contribution in [0.3, 0.4) is 0 Å². The van der Waals surface area contributed by atoms with Gasteiger partial charge in [0.15, 0.2) is 0 Å². The molecule has 3 nitrogen and oxygen atoms in total. The lowest BCUT2D eigenvalue weighted by Gasteiger charge is -2.20. The van der Waals surface area contributed by atoms with E-state index in [0.717, 1.165) is 11.5 Å². The van der Waals surface area contributed by atoms with Crippen LogP contribution in [0.5, 0.6) is 0 Å². The van der Waals surface area contributed by atoms with Crippen LogP contribution >= 0.6 is 0 Å². The number of aryl methyl sites for hydroxylation is 2. The predicted molar refractivity (Wildman–Crippen MR) is 102 cm³/mol. The fourth-order valence-corrected chi connectivity index (χ4v) is 5.03. The van der Waals surface area contributed by atoms with Crippen molar-refractivity contribution < 1.29 is 4.79 Å². The molecule has 3 aliphatic rings. The first-order valence-electron chi connectivity index (χ1n) is 10.2. The Bertz CT molecular complexity index is 623. The number of hydrogen-bond donors (Lipinski definition) is 1. The highest BCUT2D eigenvalue weighted by Crippen LogP contribution is 2.45. The molecule has 25 heavy (non-hydrogen) atoms. The molecule has 4 rings (SSSR count). The van der Waals surface area contributed by atoms with Gasteiger partial charge in [0.25, 0.3) is 5.91 Å². The van der Waals surface area contributed by atoms with E-state index in [1.807, 2.05) is 18.2 Å². The van der Waals surface area contributed by atoms with Gasteiger partial charge in [-0.25, -0.2) is 0 Å². The van der Waals surface area contributed by atoms with E-state index in [0.29, 0.717) is 17.9 Å². The maximum Gasteiger partial charge on any atom is 0.251 e. The van der Waals surface area contributed by atoms with Crippen molar-refractivity contribution in [1.82, 2.24) is 10.2 Å². The Labute approximate surface area is 152 Å². The SMILES string of the molecule is Cc1ccc(C(=O)NC2[C@H]3CN(CCCC4CCCC4)C[C@@H]23)cc1C. The van der Waals surface area contributed by atoms with Gasteiger partial charge in [0.05, 0.1) is 0 Å². The molecule has 0 bridgehead atoms. The molecular formula is C22H32N2O. The van der Waals surface area contributed by atoms with E-state index in [1.54, 1.807) is 0 Å². The van der Waals surface area contributed by atoms with Crippen molar-refractivity contribution >= 4 is 5.91 Å². The zero-order chi connectivity index (χ0) is 17.4. The maximum atomic E-state index is 12.5. The molecule has 1 heterocycles. The first kappa shape index (κ1) is 17.1. The number of carbonyl (C=O) groups excluding carboxylic acids is 1. The average molecular weight is 341 g/mol. The summed E-state index contributed by atoms with van der Waals surface area (Å²) in [6.07, 6.45) is 8.65. The summed E-state index contributed by atoms with van der Waals surface area (Å²) in [6.45, 7) is 7.80. The number of nitrogens with one attached hydrogen (secondary N) is 1. The molecule has 2 aliphatic carbocycles. The van der Waals surface area contributed by atoms with E-state index in [-0.39, 0.29) is 5.91 Å². The highest BCUT2D eigenvalue weighted by Gasteiger charge is 2.56. The summed E-state index contributed by atoms with van der Waals surface area (Å²) in [4.78, 5) is 15.1. The van der Waals surface area contributed by atoms with Gasteiger partial charge < -0.3 is 10.2 Å². The number of carbonyl (C=O) groups is 1. The Kier molecular flexibility index (Phi) is 4.86. The standard InChI is InChI=1S/C22H32N2O/c1-15-9-10-18(12-16(15)2)22(25)23-21-19-13-24(14-20(19)21)11-5-8-17-6-3-4-7-17/h9-10,12,17,19-21H,3-8,11,13-14H2,1-2H3,(H,23,25)/t19-,20+,21?. The summed E-state index contributed by atoms with van der Waals surface area (Å²) >= 11 is 0. The molecule has 2 saturated carbocycles. The predicted octanol–water partition coefficient (Wildman–Crippen LogP) is 3.93. The molecule has 3 heteroatoms. The Balaban J connectivity index is 1.19. The summed E-state index contributed by atoms with van der Waals surface area (Å²) < 4.78 is 0. The third-order valence-corrected chi connectivity index (χ3v) is 6.90. The first-order valence-corrected chi connectivity index (χ1v) is 10.2. The van der Waals surface area contributed by atoms with Crippen LogP contribution in [0.15, 0.2) is 18.2 Å². The van der Waals surface area contributed by atoms with Crippen molar-refractivity contribution in [1.29, 1.82) is 0 Å². The molecule has 0 radical (unpaired) electrons. The lowest BCUT2D eigenvalue weighted by Crippen LogP contribution is -2.35. The van der Waals surface area contributed by atoms with Crippen LogP contribution < -0.4 is 5.32 Å². The lowest BCUT2D eigenvalue weighted by molar-refractivity contribution is 0.0943. The van der Waals surface area contributed by atoms with Crippen molar-refractivity contribution in [2.24, 2.45) is 17.8 Å². The normalized spacial score (nSPS) is 29.0. The fourth-order valence-electron chi connectivity index (χ4n) is 5.03. The van der Waals surface area contributed by atoms with Crippen molar-refractivity contribution in [2.75, 3.05) is 19.6 Å². The summed E-state index contributed by atoms with van der Waals surface area (Å²) in [6, 6.07) is 6.42. The van der Waals surface area contributed by atoms with E-state index in [2.05, 4.69) is 24.1 Å². The number of likely N-dealkylation sites (tertiary alicyclic amines) is 1. The second-order valence-corrected chi connectivity index (χ2v) is 8.68. The van der Waals surface area contributed by atoms with E-state index < -0.39 is 0 Å². The molecule has 0 spiro atoms. The van der Waals surface area contributed by atoms with Crippen molar-refractivity contribution in [3.05, 3.63) is 34.9 Å². The van der Waals surface area contributed by atoms with Gasteiger partial charge in [-0.3, -0.25) is 4.79 Å². The van der Waals surface area contributed by atoms with Gasteiger partial charge in [-0.05, 0) is 74.2 Å². The Morgan fingerprint density at radius 2 is 1.84 bits per heavy atom. The van der Waals surface area contributed by atoms with Crippen LogP contribution in [-0.4, -0.2) is 36.5 Å². The molecular weight excluding hydrogens is 308 g/mol. The Morgan fingerprint density at radius 3 is 2.52 bits per heavy atom. The van der Waals surface area contributed by atoms with Gasteiger partial charge in [-0.15, -0.1) is 0 Å². The van der Waals surface area contributed by atoms with Crippen LogP contribution in [0, 0.1) is 31.6 Å². The van der Waals surface area contributed by atoms with Crippen LogP contribution in [0.1, 0.15) is 60.0 Å². The molecule has 1 aromatic carbocycles. The average Bonchev–Trinajstić information content (AvgIpc) is 3.03. The van der Waals surface area contributed by atoms with Crippen molar-refractivity contribution in [2.45, 2.75) is 58.4 Å². The largest absolute Gasteiger partial charge is 0.349 e. The van der Waals surface area contributed by atoms with E-state index in [9.17, 15) is 4.79 Å². The monoisotopic (exact) mass is 340 g/mol. The Hall–Kier alpha value is -1.35. The first-order chi connectivity index (χ1) is 12.1. The molecule has 3 fully saturated rings. The third-order valence-electron chi connectivity index (χ3n) is 6.90. The molecule has 3 atom stereocenters. The molecule has 1 aromatic rings. The molecule has 1 saturated heterocycles. The van der Waals surface area contributed by atoms with Crippen molar-refractivity contribution in [3.63, 3.8) is 0 Å². The van der Waals surface area contributed by atoms with E-state index in [4.69, 9.17) is 0 Å². The summed E-state index contributed by atoms with van der Waals surface area (Å²) in [7, 11) is 0. The van der Waals surface area contributed by atoms with Gasteiger partial charge in [0, 0.05) is 24.7 Å². The van der Waals surface area contributed by atoms with Crippen LogP contribution in [0.2, 0.25) is 0 Å². The summed E-state index contributed by atoms with van der Waals surface area (Å²) in [5, 5.41) is 3.27. The number of amides is 1. The van der Waals surface area contributed by atoms with Gasteiger partial charge in [-0.2, -0.15) is 0 Å². The van der Waals surface area contributed by atoms with Gasteiger partial charge in [0.1, 0.15) is 0 Å². The zero-order valence-corrected chi connectivity index (χ0v) is 15.8. The fraction of sp³-hybridized carbons (Fsp3) is 0.682. The summed E-state index contributed by atoms with van der Waals surface area (Å²) in [5.74, 6) is 2.52. The summed E-state index contributed by atoms with van der Waals surface area (Å²) in [5.41, 5.74) is 3.24. The number of benzene rings is 1. The second-order valence-electron chi connectivity index (χ2n) is 8.68. The molecule has 1 N–H and O–H groups in total. The lowest BCUT2D eigenvalue weighted by atomic mass is 10.0. The number of hydrogen-bond acceptors (Lipinski definition) is 2. The molecule has 0 aromatic heterocycles. The minimum atomic E-state index is 0.107. The maximum absolute atomic E-state index is 12.5. The van der Waals surface area contributed by atoms with Crippen LogP contribution in [0.25, 0.3) is 0 Å². The number of fused-ring (bicyclic) bond motifs is 1. The van der Waals surface area contributed by atoms with E-state index in [1.165, 1.54) is 69.3 Å².